The van der Waals surface area contributed by atoms with Gasteiger partial charge in [-0.15, -0.1) is 0 Å². The number of nitrogens with two attached hydrogens (primary N) is 3. The molecule has 0 aromatic carbocycles. The monoisotopic (exact) mass is 435 g/mol. The summed E-state index contributed by atoms with van der Waals surface area (Å²) in [4.78, 5) is 32.1. The zero-order chi connectivity index (χ0) is 22.7. The SMILES string of the molecule is COc1nc(-c2ccc(N)c(C(=O)Nc3cnccc3N3CCCC(N)C3)n2)cnc1N. The zero-order valence-corrected chi connectivity index (χ0v) is 17.7. The van der Waals surface area contributed by atoms with Gasteiger partial charge in [-0.2, -0.15) is 0 Å². The van der Waals surface area contributed by atoms with E-state index in [9.17, 15) is 4.79 Å². The number of nitrogens with one attached hydrogen (secondary N) is 1. The molecule has 4 heterocycles. The van der Waals surface area contributed by atoms with Gasteiger partial charge in [0.05, 0.1) is 42.3 Å². The van der Waals surface area contributed by atoms with Crippen molar-refractivity contribution >= 4 is 28.8 Å². The predicted octanol–water partition coefficient (Wildman–Crippen LogP) is 1.29. The highest BCUT2D eigenvalue weighted by Crippen LogP contribution is 2.28. The second-order valence-electron chi connectivity index (χ2n) is 7.48. The molecule has 7 N–H and O–H groups in total. The summed E-state index contributed by atoms with van der Waals surface area (Å²) in [5, 5.41) is 2.88. The number of nitrogens with zero attached hydrogens (tertiary/aromatic N) is 5. The van der Waals surface area contributed by atoms with Crippen LogP contribution >= 0.6 is 0 Å². The first-order chi connectivity index (χ1) is 15.5. The third-order valence-corrected chi connectivity index (χ3v) is 5.21. The number of piperidine rings is 1. The molecule has 0 saturated carbocycles. The summed E-state index contributed by atoms with van der Waals surface area (Å²) in [5.74, 6) is -0.131. The van der Waals surface area contributed by atoms with E-state index in [2.05, 4.69) is 30.2 Å². The van der Waals surface area contributed by atoms with Crippen molar-refractivity contribution in [2.24, 2.45) is 5.73 Å². The maximum Gasteiger partial charge on any atom is 0.276 e. The van der Waals surface area contributed by atoms with E-state index in [-0.39, 0.29) is 29.1 Å². The van der Waals surface area contributed by atoms with Gasteiger partial charge in [0.15, 0.2) is 11.5 Å². The Morgan fingerprint density at radius 2 is 2.03 bits per heavy atom. The second-order valence-corrected chi connectivity index (χ2v) is 7.48. The van der Waals surface area contributed by atoms with Gasteiger partial charge in [0.1, 0.15) is 5.69 Å². The molecule has 3 aromatic rings. The lowest BCUT2D eigenvalue weighted by atomic mass is 10.1. The molecule has 11 nitrogen and oxygen atoms in total. The maximum absolute atomic E-state index is 13.1. The topological polar surface area (TPSA) is 171 Å². The van der Waals surface area contributed by atoms with Crippen molar-refractivity contribution in [2.45, 2.75) is 18.9 Å². The minimum Gasteiger partial charge on any atom is -0.478 e. The van der Waals surface area contributed by atoms with Gasteiger partial charge in [-0.1, -0.05) is 0 Å². The molecule has 0 spiro atoms. The summed E-state index contributed by atoms with van der Waals surface area (Å²) in [7, 11) is 1.44. The van der Waals surface area contributed by atoms with Gasteiger partial charge in [-0.25, -0.2) is 15.0 Å². The van der Waals surface area contributed by atoms with Gasteiger partial charge < -0.3 is 32.2 Å². The third kappa shape index (κ3) is 4.37. The van der Waals surface area contributed by atoms with E-state index >= 15 is 0 Å². The normalized spacial score (nSPS) is 15.9. The highest BCUT2D eigenvalue weighted by Gasteiger charge is 2.22. The number of nitrogen functional groups attached to an aromatic ring is 2. The van der Waals surface area contributed by atoms with Crippen LogP contribution in [0.2, 0.25) is 0 Å². The van der Waals surface area contributed by atoms with E-state index < -0.39 is 5.91 Å². The number of carbonyl (C=O) groups excluding carboxylic acids is 1. The average molecular weight is 435 g/mol. The van der Waals surface area contributed by atoms with E-state index in [1.165, 1.54) is 13.3 Å². The quantitative estimate of drug-likeness (QED) is 0.457. The first-order valence-electron chi connectivity index (χ1n) is 10.2. The van der Waals surface area contributed by atoms with Crippen molar-refractivity contribution in [1.82, 2.24) is 19.9 Å². The summed E-state index contributed by atoms with van der Waals surface area (Å²) in [6, 6.07) is 5.19. The molecule has 1 amide bonds. The van der Waals surface area contributed by atoms with Crippen LogP contribution in [0, 0.1) is 0 Å². The molecule has 1 fully saturated rings. The van der Waals surface area contributed by atoms with Crippen LogP contribution in [-0.4, -0.2) is 52.1 Å². The Morgan fingerprint density at radius 1 is 1.19 bits per heavy atom. The number of ether oxygens (including phenoxy) is 1. The lowest BCUT2D eigenvalue weighted by molar-refractivity contribution is 0.102. The molecule has 1 aliphatic heterocycles. The molecule has 3 aromatic heterocycles. The molecule has 166 valence electrons. The van der Waals surface area contributed by atoms with Crippen molar-refractivity contribution in [3.05, 3.63) is 42.5 Å². The summed E-state index contributed by atoms with van der Waals surface area (Å²) < 4.78 is 5.12. The highest BCUT2D eigenvalue weighted by molar-refractivity contribution is 6.07. The molecular formula is C21H25N9O2. The van der Waals surface area contributed by atoms with Crippen molar-refractivity contribution in [3.63, 3.8) is 0 Å². The largest absolute Gasteiger partial charge is 0.478 e. The number of anilines is 4. The van der Waals surface area contributed by atoms with Crippen LogP contribution in [0.1, 0.15) is 23.3 Å². The van der Waals surface area contributed by atoms with Crippen LogP contribution < -0.4 is 32.2 Å². The zero-order valence-electron chi connectivity index (χ0n) is 17.7. The minimum atomic E-state index is -0.463. The number of rotatable bonds is 5. The standard InChI is InChI=1S/C21H25N9O2/c1-32-21-19(24)26-10-15(29-21)14-5-4-13(23)18(27-14)20(31)28-16-9-25-7-6-17(16)30-8-2-3-12(22)11-30/h4-7,9-10,12H,2-3,8,11,22-23H2,1H3,(H2,24,26)(H,28,31). The number of pyridine rings is 2. The smallest absolute Gasteiger partial charge is 0.276 e. The van der Waals surface area contributed by atoms with E-state index in [1.54, 1.807) is 24.5 Å². The van der Waals surface area contributed by atoms with Crippen LogP contribution in [-0.2, 0) is 0 Å². The van der Waals surface area contributed by atoms with Crippen LogP contribution in [0.15, 0.2) is 36.8 Å². The molecular weight excluding hydrogens is 410 g/mol. The fraction of sp³-hybridized carbons (Fsp3) is 0.286. The molecule has 1 unspecified atom stereocenters. The van der Waals surface area contributed by atoms with E-state index in [0.717, 1.165) is 25.1 Å². The van der Waals surface area contributed by atoms with Gasteiger partial charge in [-0.05, 0) is 31.0 Å². The molecule has 1 saturated heterocycles. The van der Waals surface area contributed by atoms with Gasteiger partial charge in [0, 0.05) is 25.3 Å². The number of carbonyl (C=O) groups is 1. The Kier molecular flexibility index (Phi) is 5.99. The van der Waals surface area contributed by atoms with Gasteiger partial charge in [0.25, 0.3) is 11.8 Å². The third-order valence-electron chi connectivity index (χ3n) is 5.21. The van der Waals surface area contributed by atoms with Crippen LogP contribution in [0.4, 0.5) is 22.9 Å². The molecule has 1 atom stereocenters. The van der Waals surface area contributed by atoms with Crippen molar-refractivity contribution in [1.29, 1.82) is 0 Å². The molecule has 0 bridgehead atoms. The number of methoxy groups -OCH3 is 1. The van der Waals surface area contributed by atoms with Gasteiger partial charge >= 0.3 is 0 Å². The second kappa shape index (κ2) is 9.02. The van der Waals surface area contributed by atoms with Gasteiger partial charge in [-0.3, -0.25) is 9.78 Å². The Balaban J connectivity index is 1.62. The summed E-state index contributed by atoms with van der Waals surface area (Å²) in [6.07, 6.45) is 6.71. The molecule has 32 heavy (non-hydrogen) atoms. The van der Waals surface area contributed by atoms with E-state index in [1.807, 2.05) is 6.07 Å². The van der Waals surface area contributed by atoms with Crippen LogP contribution in [0.5, 0.6) is 5.88 Å². The molecule has 0 aliphatic carbocycles. The number of hydrogen-bond donors (Lipinski definition) is 4. The summed E-state index contributed by atoms with van der Waals surface area (Å²) >= 11 is 0. The average Bonchev–Trinajstić information content (AvgIpc) is 2.80. The summed E-state index contributed by atoms with van der Waals surface area (Å²) in [5.41, 5.74) is 20.4. The Labute approximate surface area is 185 Å². The lowest BCUT2D eigenvalue weighted by Gasteiger charge is -2.33. The Hall–Kier alpha value is -3.99. The first kappa shape index (κ1) is 21.2. The highest BCUT2D eigenvalue weighted by atomic mass is 16.5. The van der Waals surface area contributed by atoms with E-state index in [0.29, 0.717) is 23.6 Å². The van der Waals surface area contributed by atoms with Crippen LogP contribution in [0.25, 0.3) is 11.4 Å². The number of aromatic nitrogens is 4. The van der Waals surface area contributed by atoms with Crippen LogP contribution in [0.3, 0.4) is 0 Å². The fourth-order valence-electron chi connectivity index (χ4n) is 3.62. The minimum absolute atomic E-state index is 0.0604. The molecule has 4 rings (SSSR count). The molecule has 1 aliphatic rings. The van der Waals surface area contributed by atoms with Crippen molar-refractivity contribution < 1.29 is 9.53 Å². The Morgan fingerprint density at radius 3 is 2.81 bits per heavy atom. The fourth-order valence-corrected chi connectivity index (χ4v) is 3.62. The maximum atomic E-state index is 13.1. The van der Waals surface area contributed by atoms with E-state index in [4.69, 9.17) is 21.9 Å². The Bertz CT molecular complexity index is 1140. The van der Waals surface area contributed by atoms with Gasteiger partial charge in [0.2, 0.25) is 0 Å². The lowest BCUT2D eigenvalue weighted by Crippen LogP contribution is -2.43. The number of amides is 1. The van der Waals surface area contributed by atoms with Crippen molar-refractivity contribution in [2.75, 3.05) is 41.9 Å². The van der Waals surface area contributed by atoms with Crippen molar-refractivity contribution in [3.8, 4) is 17.3 Å². The number of hydrogen-bond acceptors (Lipinski definition) is 10. The first-order valence-corrected chi connectivity index (χ1v) is 10.2. The summed E-state index contributed by atoms with van der Waals surface area (Å²) in [6.45, 7) is 1.56. The molecule has 0 radical (unpaired) electrons. The molecule has 11 heteroatoms. The predicted molar refractivity (Wildman–Crippen MR) is 122 cm³/mol.